The summed E-state index contributed by atoms with van der Waals surface area (Å²) in [5, 5.41) is 9.99. The van der Waals surface area contributed by atoms with E-state index < -0.39 is 47.8 Å². The Labute approximate surface area is 188 Å². The summed E-state index contributed by atoms with van der Waals surface area (Å²) in [6.45, 7) is 6.61. The monoisotopic (exact) mass is 462 g/mol. The van der Waals surface area contributed by atoms with Crippen LogP contribution < -0.4 is 27.0 Å². The largest absolute Gasteiger partial charge is 0.347 e. The lowest BCUT2D eigenvalue weighted by Gasteiger charge is -2.27. The summed E-state index contributed by atoms with van der Waals surface area (Å²) in [5.41, 5.74) is 5.63. The molecule has 0 bridgehead atoms. The van der Waals surface area contributed by atoms with Crippen molar-refractivity contribution in [2.24, 2.45) is 17.6 Å². The van der Waals surface area contributed by atoms with Gasteiger partial charge < -0.3 is 27.0 Å². The highest BCUT2D eigenvalue weighted by atomic mass is 32.1. The van der Waals surface area contributed by atoms with Crippen LogP contribution in [0, 0.1) is 11.8 Å². The van der Waals surface area contributed by atoms with Gasteiger partial charge >= 0.3 is 0 Å². The zero-order valence-electron chi connectivity index (χ0n) is 17.6. The topological polar surface area (TPSA) is 159 Å². The maximum absolute atomic E-state index is 12.7. The van der Waals surface area contributed by atoms with Crippen molar-refractivity contribution in [1.82, 2.24) is 21.3 Å². The fourth-order valence-corrected chi connectivity index (χ4v) is 2.78. The lowest BCUT2D eigenvalue weighted by Crippen LogP contribution is -2.60. The lowest BCUT2D eigenvalue weighted by atomic mass is 10.0. The minimum Gasteiger partial charge on any atom is -0.347 e. The smallest absolute Gasteiger partial charge is 0.244 e. The third kappa shape index (κ3) is 9.35. The molecule has 0 heterocycles. The molecule has 10 nitrogen and oxygen atoms in total. The molecule has 0 aromatic carbocycles. The van der Waals surface area contributed by atoms with E-state index in [1.165, 1.54) is 0 Å². The van der Waals surface area contributed by atoms with Gasteiger partial charge in [0.25, 0.3) is 0 Å². The Morgan fingerprint density at radius 2 is 1.30 bits per heavy atom. The quantitative estimate of drug-likeness (QED) is 0.159. The number of nitrogens with one attached hydrogen (secondary N) is 4. The maximum atomic E-state index is 12.7. The first-order chi connectivity index (χ1) is 14.0. The number of amides is 4. The number of nitrogens with two attached hydrogens (primary N) is 1. The fraction of sp³-hybridized carbons (Fsp3) is 0.722. The van der Waals surface area contributed by atoms with Crippen LogP contribution in [0.15, 0.2) is 0 Å². The molecule has 0 aliphatic rings. The lowest BCUT2D eigenvalue weighted by molar-refractivity contribution is -0.134. The molecule has 1 radical (unpaired) electrons. The highest BCUT2D eigenvalue weighted by Gasteiger charge is 2.31. The molecule has 0 saturated carbocycles. The van der Waals surface area contributed by atoms with Gasteiger partial charge in [0.05, 0.1) is 12.6 Å². The first-order valence-corrected chi connectivity index (χ1v) is 10.8. The van der Waals surface area contributed by atoms with Crippen molar-refractivity contribution >= 4 is 55.2 Å². The standard InChI is InChI=1S/C18H32N5O5S2/c1-9(2)13(17(27)20-5-6-24)23-16(26)12(8-30)21-18(28)14(10(3)4)22-15(25)11(19)7-29/h9-14,29-30H,5,7-8,19H2,1-4H3,(H,20,27)(H,21,28)(H,22,25)(H,23,26)/t11-,12-,13-,14-/m0/s1. The summed E-state index contributed by atoms with van der Waals surface area (Å²) in [7, 11) is 0. The average molecular weight is 463 g/mol. The van der Waals surface area contributed by atoms with Crippen molar-refractivity contribution < 1.29 is 24.0 Å². The van der Waals surface area contributed by atoms with Crippen LogP contribution in [0.3, 0.4) is 0 Å². The van der Waals surface area contributed by atoms with E-state index in [4.69, 9.17) is 5.73 Å². The Morgan fingerprint density at radius 1 is 0.800 bits per heavy atom. The molecule has 0 rings (SSSR count). The molecule has 0 fully saturated rings. The molecular weight excluding hydrogens is 430 g/mol. The normalized spacial score (nSPS) is 15.0. The molecular formula is C18H32N5O5S2. The van der Waals surface area contributed by atoms with E-state index in [0.29, 0.717) is 0 Å². The molecule has 4 amide bonds. The van der Waals surface area contributed by atoms with Gasteiger partial charge in [0.2, 0.25) is 29.9 Å². The molecule has 0 aliphatic heterocycles. The van der Waals surface area contributed by atoms with Gasteiger partial charge in [0.15, 0.2) is 0 Å². The molecule has 0 aromatic heterocycles. The number of hydrogen-bond donors (Lipinski definition) is 7. The van der Waals surface area contributed by atoms with Crippen LogP contribution in [0.4, 0.5) is 0 Å². The second kappa shape index (κ2) is 14.3. The van der Waals surface area contributed by atoms with Crippen molar-refractivity contribution in [3.05, 3.63) is 0 Å². The van der Waals surface area contributed by atoms with Crippen LogP contribution >= 0.6 is 25.3 Å². The third-order valence-electron chi connectivity index (χ3n) is 4.18. The van der Waals surface area contributed by atoms with Crippen molar-refractivity contribution in [2.75, 3.05) is 18.1 Å². The minimum absolute atomic E-state index is 0.0406. The second-order valence-electron chi connectivity index (χ2n) is 7.36. The number of carbonyl (C=O) groups is 4. The SMILES string of the molecule is CC(C)[C@H](NC(=O)[C@H](CS)NC(=O)[C@@H](NC(=O)[C@@H](N)CS)C(C)C)C(=O)NC[C]=O. The number of rotatable bonds is 13. The Balaban J connectivity index is 5.21. The fourth-order valence-electron chi connectivity index (χ4n) is 2.36. The van der Waals surface area contributed by atoms with Crippen LogP contribution in [0.5, 0.6) is 0 Å². The Hall–Kier alpha value is -1.79. The van der Waals surface area contributed by atoms with Gasteiger partial charge in [-0.15, -0.1) is 0 Å². The Morgan fingerprint density at radius 3 is 1.73 bits per heavy atom. The molecule has 171 valence electrons. The molecule has 12 heteroatoms. The molecule has 0 unspecified atom stereocenters. The predicted molar refractivity (Wildman–Crippen MR) is 120 cm³/mol. The number of thiol groups is 2. The van der Waals surface area contributed by atoms with Crippen molar-refractivity contribution in [1.29, 1.82) is 0 Å². The van der Waals surface area contributed by atoms with E-state index in [1.807, 2.05) is 0 Å². The van der Waals surface area contributed by atoms with Gasteiger partial charge in [-0.1, -0.05) is 27.7 Å². The van der Waals surface area contributed by atoms with Crippen molar-refractivity contribution in [3.8, 4) is 0 Å². The van der Waals surface area contributed by atoms with E-state index >= 15 is 0 Å². The highest BCUT2D eigenvalue weighted by Crippen LogP contribution is 2.06. The van der Waals surface area contributed by atoms with Crippen LogP contribution in [-0.2, 0) is 24.0 Å². The Bertz CT molecular complexity index is 618. The summed E-state index contributed by atoms with van der Waals surface area (Å²) in [5.74, 6) is -2.76. The zero-order valence-corrected chi connectivity index (χ0v) is 19.4. The van der Waals surface area contributed by atoms with Crippen molar-refractivity contribution in [3.63, 3.8) is 0 Å². The average Bonchev–Trinajstić information content (AvgIpc) is 2.70. The maximum Gasteiger partial charge on any atom is 0.244 e. The summed E-state index contributed by atoms with van der Waals surface area (Å²) >= 11 is 8.07. The minimum atomic E-state index is -1.05. The summed E-state index contributed by atoms with van der Waals surface area (Å²) < 4.78 is 0. The summed E-state index contributed by atoms with van der Waals surface area (Å²) in [6.07, 6.45) is 1.54. The van der Waals surface area contributed by atoms with Gasteiger partial charge in [-0.2, -0.15) is 25.3 Å². The van der Waals surface area contributed by atoms with E-state index in [2.05, 4.69) is 46.5 Å². The summed E-state index contributed by atoms with van der Waals surface area (Å²) in [6, 6.07) is -3.77. The first-order valence-electron chi connectivity index (χ1n) is 9.51. The van der Waals surface area contributed by atoms with E-state index in [0.717, 1.165) is 0 Å². The summed E-state index contributed by atoms with van der Waals surface area (Å²) in [4.78, 5) is 59.8. The van der Waals surface area contributed by atoms with Crippen molar-refractivity contribution in [2.45, 2.75) is 51.9 Å². The molecule has 4 atom stereocenters. The van der Waals surface area contributed by atoms with E-state index in [-0.39, 0.29) is 29.9 Å². The molecule has 0 aliphatic carbocycles. The molecule has 30 heavy (non-hydrogen) atoms. The van der Waals surface area contributed by atoms with Crippen LogP contribution in [0.1, 0.15) is 27.7 Å². The molecule has 0 saturated heterocycles. The van der Waals surface area contributed by atoms with Gasteiger partial charge in [-0.25, -0.2) is 0 Å². The van der Waals surface area contributed by atoms with Gasteiger partial charge in [0.1, 0.15) is 18.1 Å². The zero-order chi connectivity index (χ0) is 23.4. The third-order valence-corrected chi connectivity index (χ3v) is 4.94. The van der Waals surface area contributed by atoms with Gasteiger partial charge in [0, 0.05) is 11.5 Å². The first kappa shape index (κ1) is 28.2. The van der Waals surface area contributed by atoms with Gasteiger partial charge in [-0.05, 0) is 11.8 Å². The Kier molecular flexibility index (Phi) is 13.4. The highest BCUT2D eigenvalue weighted by molar-refractivity contribution is 7.80. The molecule has 0 aromatic rings. The predicted octanol–water partition coefficient (Wildman–Crippen LogP) is -1.83. The number of carbonyl (C=O) groups excluding carboxylic acids is 5. The van der Waals surface area contributed by atoms with E-state index in [1.54, 1.807) is 34.0 Å². The van der Waals surface area contributed by atoms with Crippen LogP contribution in [-0.4, -0.2) is 72.1 Å². The van der Waals surface area contributed by atoms with Crippen LogP contribution in [0.2, 0.25) is 0 Å². The second-order valence-corrected chi connectivity index (χ2v) is 8.09. The van der Waals surface area contributed by atoms with E-state index in [9.17, 15) is 24.0 Å². The van der Waals surface area contributed by atoms with Crippen LogP contribution in [0.25, 0.3) is 0 Å². The number of hydrogen-bond acceptors (Lipinski definition) is 8. The van der Waals surface area contributed by atoms with Gasteiger partial charge in [-0.3, -0.25) is 24.0 Å². The molecule has 0 spiro atoms. The molecule has 6 N–H and O–H groups in total.